The number of halogens is 1. The number of pyridine rings is 1. The number of hydrogen-bond acceptors (Lipinski definition) is 4. The lowest BCUT2D eigenvalue weighted by atomic mass is 10.3. The van der Waals surface area contributed by atoms with Crippen molar-refractivity contribution in [2.24, 2.45) is 0 Å². The quantitative estimate of drug-likeness (QED) is 0.805. The molecule has 4 nitrogen and oxygen atoms in total. The van der Waals surface area contributed by atoms with Gasteiger partial charge in [0.05, 0.1) is 11.1 Å². The molecule has 1 aromatic heterocycles. The van der Waals surface area contributed by atoms with Crippen molar-refractivity contribution in [3.05, 3.63) is 22.3 Å². The van der Waals surface area contributed by atoms with Crippen molar-refractivity contribution in [2.75, 3.05) is 24.6 Å². The van der Waals surface area contributed by atoms with Crippen LogP contribution in [0.15, 0.2) is 16.6 Å². The molecule has 0 unspecified atom stereocenters. The van der Waals surface area contributed by atoms with E-state index in [-0.39, 0.29) is 5.97 Å². The molecule has 92 valence electrons. The van der Waals surface area contributed by atoms with Gasteiger partial charge in [0.2, 0.25) is 0 Å². The Balaban J connectivity index is 2.25. The van der Waals surface area contributed by atoms with Crippen molar-refractivity contribution in [3.8, 4) is 0 Å². The van der Waals surface area contributed by atoms with Gasteiger partial charge in [-0.15, -0.1) is 0 Å². The summed E-state index contributed by atoms with van der Waals surface area (Å²) in [5.41, 5.74) is 0.358. The fourth-order valence-electron chi connectivity index (χ4n) is 1.90. The van der Waals surface area contributed by atoms with Crippen LogP contribution in [0.4, 0.5) is 5.82 Å². The van der Waals surface area contributed by atoms with E-state index in [1.807, 2.05) is 12.1 Å². The van der Waals surface area contributed by atoms with Crippen molar-refractivity contribution in [2.45, 2.75) is 19.8 Å². The molecular weight excluding hydrogens is 284 g/mol. The second-order valence-electron chi connectivity index (χ2n) is 3.91. The summed E-state index contributed by atoms with van der Waals surface area (Å²) in [6.07, 6.45) is 2.37. The molecule has 1 fully saturated rings. The van der Waals surface area contributed by atoms with Gasteiger partial charge in [0, 0.05) is 13.1 Å². The zero-order chi connectivity index (χ0) is 12.3. The van der Waals surface area contributed by atoms with Crippen LogP contribution in [0, 0.1) is 0 Å². The van der Waals surface area contributed by atoms with Gasteiger partial charge in [-0.25, -0.2) is 9.78 Å². The molecular formula is C12H15BrN2O2. The third kappa shape index (κ3) is 2.77. The molecule has 0 amide bonds. The molecule has 0 bridgehead atoms. The normalized spacial score (nSPS) is 15.1. The van der Waals surface area contributed by atoms with Crippen LogP contribution in [0.1, 0.15) is 30.3 Å². The molecule has 0 N–H and O–H groups in total. The topological polar surface area (TPSA) is 42.4 Å². The number of anilines is 1. The summed E-state index contributed by atoms with van der Waals surface area (Å²) in [4.78, 5) is 18.3. The lowest BCUT2D eigenvalue weighted by Gasteiger charge is -2.17. The largest absolute Gasteiger partial charge is 0.461 e. The third-order valence-corrected chi connectivity index (χ3v) is 3.37. The van der Waals surface area contributed by atoms with Crippen molar-refractivity contribution >= 4 is 27.7 Å². The Kier molecular flexibility index (Phi) is 3.99. The molecule has 0 saturated carbocycles. The second-order valence-corrected chi connectivity index (χ2v) is 4.77. The summed E-state index contributed by atoms with van der Waals surface area (Å²) in [6, 6.07) is 3.78. The monoisotopic (exact) mass is 298 g/mol. The SMILES string of the molecule is CCOC(=O)c1nc(N2CCCC2)ccc1Br. The molecule has 0 aromatic carbocycles. The van der Waals surface area contributed by atoms with Gasteiger partial charge in [-0.05, 0) is 47.8 Å². The zero-order valence-corrected chi connectivity index (χ0v) is 11.4. The first kappa shape index (κ1) is 12.4. The molecule has 1 saturated heterocycles. The number of carbonyl (C=O) groups is 1. The van der Waals surface area contributed by atoms with Crippen LogP contribution in [0.25, 0.3) is 0 Å². The van der Waals surface area contributed by atoms with Gasteiger partial charge in [-0.2, -0.15) is 0 Å². The first-order valence-electron chi connectivity index (χ1n) is 5.81. The first-order chi connectivity index (χ1) is 8.22. The van der Waals surface area contributed by atoms with Crippen LogP contribution in [0.5, 0.6) is 0 Å². The molecule has 17 heavy (non-hydrogen) atoms. The minimum atomic E-state index is -0.375. The lowest BCUT2D eigenvalue weighted by Crippen LogP contribution is -2.20. The predicted molar refractivity (Wildman–Crippen MR) is 69.3 cm³/mol. The van der Waals surface area contributed by atoms with Crippen LogP contribution in [0.3, 0.4) is 0 Å². The Morgan fingerprint density at radius 1 is 1.47 bits per heavy atom. The maximum atomic E-state index is 11.7. The van der Waals surface area contributed by atoms with Crippen LogP contribution < -0.4 is 4.90 Å². The number of rotatable bonds is 3. The molecule has 1 aliphatic rings. The molecule has 2 heterocycles. The fraction of sp³-hybridized carbons (Fsp3) is 0.500. The van der Waals surface area contributed by atoms with Gasteiger partial charge in [0.25, 0.3) is 0 Å². The Labute approximate surface area is 109 Å². The third-order valence-electron chi connectivity index (χ3n) is 2.73. The summed E-state index contributed by atoms with van der Waals surface area (Å²) in [5, 5.41) is 0. The maximum Gasteiger partial charge on any atom is 0.358 e. The van der Waals surface area contributed by atoms with Crippen molar-refractivity contribution in [1.82, 2.24) is 4.98 Å². The van der Waals surface area contributed by atoms with E-state index in [0.29, 0.717) is 16.8 Å². The Morgan fingerprint density at radius 3 is 2.82 bits per heavy atom. The van der Waals surface area contributed by atoms with E-state index < -0.39 is 0 Å². The highest BCUT2D eigenvalue weighted by atomic mass is 79.9. The first-order valence-corrected chi connectivity index (χ1v) is 6.60. The number of hydrogen-bond donors (Lipinski definition) is 0. The van der Waals surface area contributed by atoms with Gasteiger partial charge in [-0.3, -0.25) is 0 Å². The van der Waals surface area contributed by atoms with E-state index in [9.17, 15) is 4.79 Å². The Bertz CT molecular complexity index is 417. The van der Waals surface area contributed by atoms with Crippen LogP contribution >= 0.6 is 15.9 Å². The van der Waals surface area contributed by atoms with Crippen LogP contribution in [-0.4, -0.2) is 30.6 Å². The van der Waals surface area contributed by atoms with E-state index in [1.54, 1.807) is 6.92 Å². The van der Waals surface area contributed by atoms with Crippen molar-refractivity contribution in [3.63, 3.8) is 0 Å². The summed E-state index contributed by atoms with van der Waals surface area (Å²) in [7, 11) is 0. The highest BCUT2D eigenvalue weighted by Gasteiger charge is 2.18. The average molecular weight is 299 g/mol. The smallest absolute Gasteiger partial charge is 0.358 e. The van der Waals surface area contributed by atoms with Crippen molar-refractivity contribution in [1.29, 1.82) is 0 Å². The Morgan fingerprint density at radius 2 is 2.18 bits per heavy atom. The van der Waals surface area contributed by atoms with E-state index in [2.05, 4.69) is 25.8 Å². The van der Waals surface area contributed by atoms with Gasteiger partial charge >= 0.3 is 5.97 Å². The molecule has 0 radical (unpaired) electrons. The Hall–Kier alpha value is -1.10. The van der Waals surface area contributed by atoms with E-state index >= 15 is 0 Å². The maximum absolute atomic E-state index is 11.7. The van der Waals surface area contributed by atoms with Gasteiger partial charge in [-0.1, -0.05) is 0 Å². The molecule has 1 aromatic rings. The fourth-order valence-corrected chi connectivity index (χ4v) is 2.28. The van der Waals surface area contributed by atoms with Gasteiger partial charge in [0.15, 0.2) is 5.69 Å². The summed E-state index contributed by atoms with van der Waals surface area (Å²) < 4.78 is 5.66. The molecule has 0 aliphatic carbocycles. The summed E-state index contributed by atoms with van der Waals surface area (Å²) in [6.45, 7) is 4.17. The molecule has 2 rings (SSSR count). The zero-order valence-electron chi connectivity index (χ0n) is 9.78. The predicted octanol–water partition coefficient (Wildman–Crippen LogP) is 2.62. The number of nitrogens with zero attached hydrogens (tertiary/aromatic N) is 2. The van der Waals surface area contributed by atoms with Gasteiger partial charge < -0.3 is 9.64 Å². The van der Waals surface area contributed by atoms with Crippen molar-refractivity contribution < 1.29 is 9.53 Å². The number of ether oxygens (including phenoxy) is 1. The molecule has 0 spiro atoms. The highest BCUT2D eigenvalue weighted by Crippen LogP contribution is 2.23. The standard InChI is InChI=1S/C12H15BrN2O2/c1-2-17-12(16)11-9(13)5-6-10(14-11)15-7-3-4-8-15/h5-6H,2-4,7-8H2,1H3. The number of carbonyl (C=O) groups excluding carboxylic acids is 1. The second kappa shape index (κ2) is 5.49. The van der Waals surface area contributed by atoms with E-state index in [4.69, 9.17) is 4.74 Å². The average Bonchev–Trinajstić information content (AvgIpc) is 2.83. The van der Waals surface area contributed by atoms with Gasteiger partial charge in [0.1, 0.15) is 5.82 Å². The minimum Gasteiger partial charge on any atom is -0.461 e. The molecule has 1 aliphatic heterocycles. The number of aromatic nitrogens is 1. The van der Waals surface area contributed by atoms with Crippen LogP contribution in [-0.2, 0) is 4.74 Å². The minimum absolute atomic E-state index is 0.358. The summed E-state index contributed by atoms with van der Waals surface area (Å²) >= 11 is 3.33. The molecule has 0 atom stereocenters. The summed E-state index contributed by atoms with van der Waals surface area (Å²) in [5.74, 6) is 0.481. The molecule has 5 heteroatoms. The van der Waals surface area contributed by atoms with E-state index in [0.717, 1.165) is 18.9 Å². The lowest BCUT2D eigenvalue weighted by molar-refractivity contribution is 0.0518. The highest BCUT2D eigenvalue weighted by molar-refractivity contribution is 9.10. The van der Waals surface area contributed by atoms with Crippen LogP contribution in [0.2, 0.25) is 0 Å². The number of esters is 1. The van der Waals surface area contributed by atoms with E-state index in [1.165, 1.54) is 12.8 Å².